The quantitative estimate of drug-likeness (QED) is 0.339. The first-order valence-corrected chi connectivity index (χ1v) is 4.31. The van der Waals surface area contributed by atoms with Gasteiger partial charge in [0.25, 0.3) is 0 Å². The minimum Gasteiger partial charge on any atom is -0.457 e. The predicted molar refractivity (Wildman–Crippen MR) is 55.0 cm³/mol. The Morgan fingerprint density at radius 3 is 3.13 bits per heavy atom. The molecule has 0 saturated carbocycles. The molecule has 0 aliphatic carbocycles. The molecule has 0 aromatic carbocycles. The van der Waals surface area contributed by atoms with Crippen molar-refractivity contribution in [1.29, 1.82) is 0 Å². The molecular weight excluding hydrogens is 194 g/mol. The smallest absolute Gasteiger partial charge is 0.379 e. The van der Waals surface area contributed by atoms with Crippen molar-refractivity contribution < 1.29 is 13.9 Å². The van der Waals surface area contributed by atoms with Gasteiger partial charge < -0.3 is 9.15 Å². The molecule has 1 N–H and O–H groups in total. The SMILES string of the molecule is C#CCNCC(=C)OC(=O)c1ccco1. The van der Waals surface area contributed by atoms with Gasteiger partial charge in [-0.25, -0.2) is 4.79 Å². The van der Waals surface area contributed by atoms with Crippen molar-refractivity contribution in [3.63, 3.8) is 0 Å². The Kier molecular flexibility index (Phi) is 4.20. The number of ether oxygens (including phenoxy) is 1. The van der Waals surface area contributed by atoms with Crippen LogP contribution < -0.4 is 5.32 Å². The molecule has 0 amide bonds. The van der Waals surface area contributed by atoms with E-state index in [0.717, 1.165) is 0 Å². The number of esters is 1. The van der Waals surface area contributed by atoms with Gasteiger partial charge >= 0.3 is 5.97 Å². The molecular formula is C11H11NO3. The molecule has 0 atom stereocenters. The van der Waals surface area contributed by atoms with Gasteiger partial charge in [-0.15, -0.1) is 6.42 Å². The number of hydrogen-bond acceptors (Lipinski definition) is 4. The Morgan fingerprint density at radius 2 is 2.53 bits per heavy atom. The van der Waals surface area contributed by atoms with Crippen molar-refractivity contribution in [3.8, 4) is 12.3 Å². The zero-order chi connectivity index (χ0) is 11.1. The van der Waals surface area contributed by atoms with Crippen LogP contribution in [0, 0.1) is 12.3 Å². The molecule has 0 bridgehead atoms. The van der Waals surface area contributed by atoms with Crippen molar-refractivity contribution in [2.75, 3.05) is 13.1 Å². The predicted octanol–water partition coefficient (Wildman–Crippen LogP) is 1.17. The molecule has 0 spiro atoms. The molecule has 4 heteroatoms. The van der Waals surface area contributed by atoms with E-state index in [0.29, 0.717) is 18.8 Å². The fourth-order valence-corrected chi connectivity index (χ4v) is 0.886. The monoisotopic (exact) mass is 205 g/mol. The van der Waals surface area contributed by atoms with E-state index in [9.17, 15) is 4.79 Å². The molecule has 0 radical (unpaired) electrons. The molecule has 1 heterocycles. The molecule has 1 rings (SSSR count). The largest absolute Gasteiger partial charge is 0.457 e. The first-order chi connectivity index (χ1) is 7.24. The van der Waals surface area contributed by atoms with E-state index in [-0.39, 0.29) is 5.76 Å². The van der Waals surface area contributed by atoms with Crippen LogP contribution in [0.5, 0.6) is 0 Å². The zero-order valence-corrected chi connectivity index (χ0v) is 8.16. The van der Waals surface area contributed by atoms with E-state index in [2.05, 4.69) is 17.8 Å². The molecule has 78 valence electrons. The van der Waals surface area contributed by atoms with Gasteiger partial charge in [-0.1, -0.05) is 12.5 Å². The van der Waals surface area contributed by atoms with E-state index in [1.807, 2.05) is 0 Å². The standard InChI is InChI=1S/C11H11NO3/c1-3-6-12-8-9(2)15-11(13)10-5-4-7-14-10/h1,4-5,7,12H,2,6,8H2. The third-order valence-electron chi connectivity index (χ3n) is 1.51. The average Bonchev–Trinajstić information content (AvgIpc) is 2.70. The van der Waals surface area contributed by atoms with E-state index in [4.69, 9.17) is 15.6 Å². The highest BCUT2D eigenvalue weighted by Gasteiger charge is 2.11. The second kappa shape index (κ2) is 5.68. The Labute approximate surface area is 87.9 Å². The van der Waals surface area contributed by atoms with Gasteiger partial charge in [0.05, 0.1) is 19.4 Å². The van der Waals surface area contributed by atoms with Crippen molar-refractivity contribution in [2.24, 2.45) is 0 Å². The summed E-state index contributed by atoms with van der Waals surface area (Å²) in [5.41, 5.74) is 0. The minimum atomic E-state index is -0.562. The van der Waals surface area contributed by atoms with E-state index < -0.39 is 5.97 Å². The minimum absolute atomic E-state index is 0.146. The third kappa shape index (κ3) is 3.71. The summed E-state index contributed by atoms with van der Waals surface area (Å²) < 4.78 is 9.74. The van der Waals surface area contributed by atoms with Crippen LogP contribution in [0.4, 0.5) is 0 Å². The first kappa shape index (κ1) is 11.1. The van der Waals surface area contributed by atoms with Gasteiger partial charge in [0.2, 0.25) is 5.76 Å². The summed E-state index contributed by atoms with van der Waals surface area (Å²) in [5.74, 6) is 2.27. The topological polar surface area (TPSA) is 51.5 Å². The lowest BCUT2D eigenvalue weighted by Gasteiger charge is -2.05. The second-order valence-corrected chi connectivity index (χ2v) is 2.71. The van der Waals surface area contributed by atoms with Crippen molar-refractivity contribution in [2.45, 2.75) is 0 Å². The lowest BCUT2D eigenvalue weighted by atomic mass is 10.4. The van der Waals surface area contributed by atoms with E-state index in [1.165, 1.54) is 12.3 Å². The lowest BCUT2D eigenvalue weighted by Crippen LogP contribution is -2.19. The Morgan fingerprint density at radius 1 is 1.73 bits per heavy atom. The average molecular weight is 205 g/mol. The van der Waals surface area contributed by atoms with Gasteiger partial charge in [-0.3, -0.25) is 5.32 Å². The first-order valence-electron chi connectivity index (χ1n) is 4.31. The molecule has 0 unspecified atom stereocenters. The van der Waals surface area contributed by atoms with Crippen LogP contribution in [0.3, 0.4) is 0 Å². The molecule has 15 heavy (non-hydrogen) atoms. The lowest BCUT2D eigenvalue weighted by molar-refractivity contribution is 0.0585. The maximum Gasteiger partial charge on any atom is 0.379 e. The summed E-state index contributed by atoms with van der Waals surface area (Å²) in [7, 11) is 0. The summed E-state index contributed by atoms with van der Waals surface area (Å²) in [4.78, 5) is 11.3. The summed E-state index contributed by atoms with van der Waals surface area (Å²) in [6.07, 6.45) is 6.43. The molecule has 4 nitrogen and oxygen atoms in total. The number of terminal acetylenes is 1. The summed E-state index contributed by atoms with van der Waals surface area (Å²) >= 11 is 0. The van der Waals surface area contributed by atoms with Crippen molar-refractivity contribution in [1.82, 2.24) is 5.32 Å². The molecule has 0 saturated heterocycles. The number of rotatable bonds is 5. The van der Waals surface area contributed by atoms with Crippen LogP contribution in [-0.2, 0) is 4.74 Å². The Bertz CT molecular complexity index is 373. The molecule has 1 aromatic heterocycles. The van der Waals surface area contributed by atoms with Crippen LogP contribution in [0.25, 0.3) is 0 Å². The zero-order valence-electron chi connectivity index (χ0n) is 8.16. The van der Waals surface area contributed by atoms with Crippen molar-refractivity contribution >= 4 is 5.97 Å². The molecule has 0 aliphatic rings. The second-order valence-electron chi connectivity index (χ2n) is 2.71. The van der Waals surface area contributed by atoms with E-state index in [1.54, 1.807) is 6.07 Å². The highest BCUT2D eigenvalue weighted by atomic mass is 16.5. The normalized spacial score (nSPS) is 9.27. The van der Waals surface area contributed by atoms with Crippen LogP contribution in [0.15, 0.2) is 35.2 Å². The third-order valence-corrected chi connectivity index (χ3v) is 1.51. The number of hydrogen-bond donors (Lipinski definition) is 1. The fraction of sp³-hybridized carbons (Fsp3) is 0.182. The van der Waals surface area contributed by atoms with Gasteiger partial charge in [0.15, 0.2) is 0 Å². The van der Waals surface area contributed by atoms with Crippen LogP contribution in [-0.4, -0.2) is 19.1 Å². The summed E-state index contributed by atoms with van der Waals surface area (Å²) in [6, 6.07) is 3.13. The Balaban J connectivity index is 2.33. The number of carbonyl (C=O) groups excluding carboxylic acids is 1. The summed E-state index contributed by atoms with van der Waals surface area (Å²) in [6.45, 7) is 4.29. The highest BCUT2D eigenvalue weighted by Crippen LogP contribution is 2.05. The molecule has 0 aliphatic heterocycles. The number of carbonyl (C=O) groups is 1. The van der Waals surface area contributed by atoms with Crippen LogP contribution in [0.2, 0.25) is 0 Å². The van der Waals surface area contributed by atoms with Crippen LogP contribution in [0.1, 0.15) is 10.6 Å². The van der Waals surface area contributed by atoms with Gasteiger partial charge in [-0.2, -0.15) is 0 Å². The van der Waals surface area contributed by atoms with Crippen LogP contribution >= 0.6 is 0 Å². The summed E-state index contributed by atoms with van der Waals surface area (Å²) in [5, 5.41) is 2.84. The maximum atomic E-state index is 11.3. The van der Waals surface area contributed by atoms with Gasteiger partial charge in [0.1, 0.15) is 5.76 Å². The fourth-order valence-electron chi connectivity index (χ4n) is 0.886. The van der Waals surface area contributed by atoms with Gasteiger partial charge in [0, 0.05) is 0 Å². The molecule has 1 aromatic rings. The maximum absolute atomic E-state index is 11.3. The molecule has 0 fully saturated rings. The Hall–Kier alpha value is -1.99. The van der Waals surface area contributed by atoms with E-state index >= 15 is 0 Å². The number of nitrogens with one attached hydrogen (secondary N) is 1. The van der Waals surface area contributed by atoms with Crippen molar-refractivity contribution in [3.05, 3.63) is 36.5 Å². The highest BCUT2D eigenvalue weighted by molar-refractivity contribution is 5.86. The van der Waals surface area contributed by atoms with Gasteiger partial charge in [-0.05, 0) is 12.1 Å². The number of furan rings is 1.